The fraction of sp³-hybridized carbons (Fsp3) is 0.273. The van der Waals surface area contributed by atoms with Gasteiger partial charge in [0.1, 0.15) is 6.04 Å². The molecule has 0 aliphatic carbocycles. The van der Waals surface area contributed by atoms with Gasteiger partial charge in [-0.05, 0) is 22.4 Å². The maximum absolute atomic E-state index is 11.4. The molecular formula is C11H12N2O3S. The van der Waals surface area contributed by atoms with Crippen LogP contribution in [0.2, 0.25) is 0 Å². The molecule has 0 saturated carbocycles. The number of rotatable bonds is 5. The molecule has 0 spiro atoms. The molecule has 0 saturated heterocycles. The number of nitrogens with one attached hydrogen (secondary N) is 2. The van der Waals surface area contributed by atoms with Crippen molar-refractivity contribution in [1.82, 2.24) is 10.6 Å². The van der Waals surface area contributed by atoms with Crippen molar-refractivity contribution in [3.63, 3.8) is 0 Å². The summed E-state index contributed by atoms with van der Waals surface area (Å²) >= 11 is 1.53. The first-order valence-electron chi connectivity index (χ1n) is 4.85. The Morgan fingerprint density at radius 1 is 1.59 bits per heavy atom. The maximum atomic E-state index is 11.4. The number of aliphatic carboxylic acids is 1. The number of carbonyl (C=O) groups excluding carboxylic acids is 1. The number of thiophene rings is 1. The minimum atomic E-state index is -1.14. The molecule has 6 heteroatoms. The van der Waals surface area contributed by atoms with Gasteiger partial charge >= 0.3 is 12.0 Å². The fourth-order valence-corrected chi connectivity index (χ4v) is 1.77. The molecule has 1 heterocycles. The number of carboxylic acids is 1. The first-order chi connectivity index (χ1) is 8.13. The zero-order valence-electron chi connectivity index (χ0n) is 8.97. The molecule has 0 aliphatic heterocycles. The molecule has 0 aliphatic rings. The molecule has 1 rings (SSSR count). The van der Waals surface area contributed by atoms with Crippen LogP contribution in [-0.4, -0.2) is 23.1 Å². The number of urea groups is 1. The van der Waals surface area contributed by atoms with E-state index in [0.717, 1.165) is 5.56 Å². The number of terminal acetylenes is 1. The van der Waals surface area contributed by atoms with Crippen molar-refractivity contribution in [2.45, 2.75) is 19.0 Å². The Morgan fingerprint density at radius 3 is 2.88 bits per heavy atom. The molecule has 90 valence electrons. The third-order valence-corrected chi connectivity index (χ3v) is 2.69. The minimum Gasteiger partial charge on any atom is -0.480 e. The average Bonchev–Trinajstić information content (AvgIpc) is 2.78. The second kappa shape index (κ2) is 6.55. The van der Waals surface area contributed by atoms with Crippen LogP contribution in [-0.2, 0) is 11.3 Å². The van der Waals surface area contributed by atoms with Crippen LogP contribution in [0.3, 0.4) is 0 Å². The highest BCUT2D eigenvalue weighted by atomic mass is 32.1. The van der Waals surface area contributed by atoms with Crippen LogP contribution in [0.5, 0.6) is 0 Å². The van der Waals surface area contributed by atoms with Crippen molar-refractivity contribution in [3.8, 4) is 12.3 Å². The Bertz CT molecular complexity index is 422. The lowest BCUT2D eigenvalue weighted by Gasteiger charge is -2.12. The van der Waals surface area contributed by atoms with E-state index in [1.165, 1.54) is 11.3 Å². The number of carbonyl (C=O) groups is 2. The van der Waals surface area contributed by atoms with E-state index in [0.29, 0.717) is 6.54 Å². The van der Waals surface area contributed by atoms with Crippen LogP contribution in [0.25, 0.3) is 0 Å². The third-order valence-electron chi connectivity index (χ3n) is 1.96. The van der Waals surface area contributed by atoms with Crippen molar-refractivity contribution in [2.24, 2.45) is 0 Å². The Morgan fingerprint density at radius 2 is 2.35 bits per heavy atom. The second-order valence-corrected chi connectivity index (χ2v) is 4.04. The topological polar surface area (TPSA) is 78.4 Å². The van der Waals surface area contributed by atoms with Gasteiger partial charge in [0.2, 0.25) is 0 Å². The summed E-state index contributed by atoms with van der Waals surface area (Å²) in [5.74, 6) is 1.06. The molecule has 0 fully saturated rings. The Labute approximate surface area is 103 Å². The zero-order chi connectivity index (χ0) is 12.7. The summed E-state index contributed by atoms with van der Waals surface area (Å²) in [4.78, 5) is 22.1. The SMILES string of the molecule is C#CCC(NC(=O)NCc1ccsc1)C(=O)O. The summed E-state index contributed by atoms with van der Waals surface area (Å²) in [7, 11) is 0. The van der Waals surface area contributed by atoms with Crippen molar-refractivity contribution in [3.05, 3.63) is 22.4 Å². The van der Waals surface area contributed by atoms with Crippen LogP contribution >= 0.6 is 11.3 Å². The summed E-state index contributed by atoms with van der Waals surface area (Å²) in [6, 6.07) is 0.280. The quantitative estimate of drug-likeness (QED) is 0.685. The molecule has 2 amide bonds. The average molecular weight is 252 g/mol. The van der Waals surface area contributed by atoms with E-state index in [9.17, 15) is 9.59 Å². The molecule has 1 aromatic rings. The maximum Gasteiger partial charge on any atom is 0.327 e. The Balaban J connectivity index is 2.37. The van der Waals surface area contributed by atoms with E-state index < -0.39 is 18.0 Å². The molecule has 3 N–H and O–H groups in total. The summed E-state index contributed by atoms with van der Waals surface area (Å²) in [6.07, 6.45) is 4.97. The van der Waals surface area contributed by atoms with Crippen molar-refractivity contribution in [1.29, 1.82) is 0 Å². The minimum absolute atomic E-state index is 0.0405. The highest BCUT2D eigenvalue weighted by Gasteiger charge is 2.18. The predicted molar refractivity (Wildman–Crippen MR) is 64.6 cm³/mol. The molecular weight excluding hydrogens is 240 g/mol. The van der Waals surface area contributed by atoms with Gasteiger partial charge in [-0.2, -0.15) is 11.3 Å². The monoisotopic (exact) mass is 252 g/mol. The van der Waals surface area contributed by atoms with Gasteiger partial charge in [0, 0.05) is 13.0 Å². The predicted octanol–water partition coefficient (Wildman–Crippen LogP) is 1.02. The van der Waals surface area contributed by atoms with Crippen LogP contribution < -0.4 is 10.6 Å². The smallest absolute Gasteiger partial charge is 0.327 e. The normalized spacial score (nSPS) is 11.2. The van der Waals surface area contributed by atoms with Crippen molar-refractivity contribution < 1.29 is 14.7 Å². The van der Waals surface area contributed by atoms with Crippen LogP contribution in [0, 0.1) is 12.3 Å². The van der Waals surface area contributed by atoms with E-state index >= 15 is 0 Å². The van der Waals surface area contributed by atoms with E-state index in [1.54, 1.807) is 0 Å². The molecule has 0 radical (unpaired) electrons. The van der Waals surface area contributed by atoms with Crippen LogP contribution in [0.4, 0.5) is 4.79 Å². The van der Waals surface area contributed by atoms with Gasteiger partial charge in [0.05, 0.1) is 0 Å². The zero-order valence-corrected chi connectivity index (χ0v) is 9.79. The van der Waals surface area contributed by atoms with Crippen LogP contribution in [0.1, 0.15) is 12.0 Å². The lowest BCUT2D eigenvalue weighted by atomic mass is 10.2. The molecule has 17 heavy (non-hydrogen) atoms. The van der Waals surface area contributed by atoms with Crippen molar-refractivity contribution >= 4 is 23.3 Å². The number of hydrogen-bond acceptors (Lipinski definition) is 3. The molecule has 1 atom stereocenters. The number of hydrogen-bond donors (Lipinski definition) is 3. The van der Waals surface area contributed by atoms with Gasteiger partial charge in [-0.1, -0.05) is 0 Å². The third kappa shape index (κ3) is 4.57. The molecule has 1 aromatic heterocycles. The summed E-state index contributed by atoms with van der Waals surface area (Å²) in [5, 5.41) is 17.4. The lowest BCUT2D eigenvalue weighted by molar-refractivity contribution is -0.139. The summed E-state index contributed by atoms with van der Waals surface area (Å²) in [5.41, 5.74) is 0.967. The highest BCUT2D eigenvalue weighted by Crippen LogP contribution is 2.04. The number of carboxylic acid groups (broad SMARTS) is 1. The van der Waals surface area contributed by atoms with Gasteiger partial charge < -0.3 is 15.7 Å². The van der Waals surface area contributed by atoms with E-state index in [2.05, 4.69) is 16.6 Å². The Kier molecular flexibility index (Phi) is 5.04. The molecule has 0 aromatic carbocycles. The van der Waals surface area contributed by atoms with E-state index in [1.807, 2.05) is 16.8 Å². The highest BCUT2D eigenvalue weighted by molar-refractivity contribution is 7.07. The van der Waals surface area contributed by atoms with Gasteiger partial charge in [0.15, 0.2) is 0 Å². The summed E-state index contributed by atoms with van der Waals surface area (Å²) < 4.78 is 0. The lowest BCUT2D eigenvalue weighted by Crippen LogP contribution is -2.45. The van der Waals surface area contributed by atoms with E-state index in [-0.39, 0.29) is 6.42 Å². The molecule has 0 bridgehead atoms. The standard InChI is InChI=1S/C11H12N2O3S/c1-2-3-9(10(14)15)13-11(16)12-6-8-4-5-17-7-8/h1,4-5,7,9H,3,6H2,(H,14,15)(H2,12,13,16). The van der Waals surface area contributed by atoms with Gasteiger partial charge in [-0.15, -0.1) is 12.3 Å². The first-order valence-corrected chi connectivity index (χ1v) is 5.79. The first kappa shape index (κ1) is 13.1. The van der Waals surface area contributed by atoms with Crippen LogP contribution in [0.15, 0.2) is 16.8 Å². The van der Waals surface area contributed by atoms with E-state index in [4.69, 9.17) is 11.5 Å². The largest absolute Gasteiger partial charge is 0.480 e. The van der Waals surface area contributed by atoms with Crippen molar-refractivity contribution in [2.75, 3.05) is 0 Å². The second-order valence-electron chi connectivity index (χ2n) is 3.26. The van der Waals surface area contributed by atoms with Gasteiger partial charge in [-0.3, -0.25) is 0 Å². The Hall–Kier alpha value is -2.00. The number of amides is 2. The fourth-order valence-electron chi connectivity index (χ4n) is 1.10. The van der Waals surface area contributed by atoms with Gasteiger partial charge in [-0.25, -0.2) is 9.59 Å². The summed E-state index contributed by atoms with van der Waals surface area (Å²) in [6.45, 7) is 0.359. The molecule has 5 nitrogen and oxygen atoms in total. The molecule has 1 unspecified atom stereocenters. The van der Waals surface area contributed by atoms with Gasteiger partial charge in [0.25, 0.3) is 0 Å².